The van der Waals surface area contributed by atoms with Gasteiger partial charge in [0.15, 0.2) is 0 Å². The molecule has 1 rings (SSSR count). The Balaban J connectivity index is 3.28. The van der Waals surface area contributed by atoms with Crippen molar-refractivity contribution in [2.75, 3.05) is 0 Å². The summed E-state index contributed by atoms with van der Waals surface area (Å²) < 4.78 is 24.1. The molecule has 0 atom stereocenters. The van der Waals surface area contributed by atoms with Gasteiger partial charge in [-0.3, -0.25) is 9.36 Å². The average Bonchev–Trinajstić information content (AvgIpc) is 1.94. The van der Waals surface area contributed by atoms with Crippen LogP contribution in [0.25, 0.3) is 0 Å². The highest BCUT2D eigenvalue weighted by Gasteiger charge is 2.08. The summed E-state index contributed by atoms with van der Waals surface area (Å²) in [6.07, 6.45) is 0.985. The van der Waals surface area contributed by atoms with Crippen molar-refractivity contribution in [3.05, 3.63) is 33.7 Å². The summed E-state index contributed by atoms with van der Waals surface area (Å²) in [7, 11) is 0. The largest absolute Gasteiger partial charge is 0.321 e. The summed E-state index contributed by atoms with van der Waals surface area (Å²) in [5.41, 5.74) is -0.871. The Morgan fingerprint density at radius 3 is 2.64 bits per heavy atom. The van der Waals surface area contributed by atoms with Gasteiger partial charge in [0.1, 0.15) is 5.02 Å². The molecule has 0 aromatic carbocycles. The standard InChI is InChI=1S/C6H4ClF2NO/c7-4-2-1-3-10(5(4)11)6(8)9/h1-3,6H. The molecule has 0 saturated heterocycles. The SMILES string of the molecule is O=c1c(Cl)cccn1C(F)F. The fourth-order valence-corrected chi connectivity index (χ4v) is 0.807. The van der Waals surface area contributed by atoms with Gasteiger partial charge in [0.2, 0.25) is 0 Å². The van der Waals surface area contributed by atoms with Crippen molar-refractivity contribution in [3.8, 4) is 0 Å². The maximum Gasteiger partial charge on any atom is 0.321 e. The van der Waals surface area contributed by atoms with Gasteiger partial charge in [0.25, 0.3) is 5.56 Å². The fourth-order valence-electron chi connectivity index (χ4n) is 0.636. The third-order valence-electron chi connectivity index (χ3n) is 1.14. The van der Waals surface area contributed by atoms with Gasteiger partial charge < -0.3 is 0 Å². The van der Waals surface area contributed by atoms with E-state index in [1.54, 1.807) is 0 Å². The van der Waals surface area contributed by atoms with Crippen LogP contribution < -0.4 is 5.56 Å². The maximum absolute atomic E-state index is 11.9. The molecule has 0 aliphatic carbocycles. The number of alkyl halides is 2. The molecule has 0 aliphatic rings. The topological polar surface area (TPSA) is 22.0 Å². The molecule has 5 heteroatoms. The highest BCUT2D eigenvalue weighted by Crippen LogP contribution is 2.07. The number of halogens is 3. The Kier molecular flexibility index (Phi) is 2.24. The minimum absolute atomic E-state index is 0.201. The van der Waals surface area contributed by atoms with Crippen LogP contribution in [0, 0.1) is 0 Å². The first-order chi connectivity index (χ1) is 5.13. The van der Waals surface area contributed by atoms with Crippen molar-refractivity contribution >= 4 is 11.6 Å². The molecule has 0 fully saturated rings. The third-order valence-corrected chi connectivity index (χ3v) is 1.43. The molecule has 1 aromatic rings. The highest BCUT2D eigenvalue weighted by atomic mass is 35.5. The van der Waals surface area contributed by atoms with Gasteiger partial charge in [-0.05, 0) is 12.1 Å². The van der Waals surface area contributed by atoms with E-state index >= 15 is 0 Å². The number of pyridine rings is 1. The van der Waals surface area contributed by atoms with Crippen LogP contribution in [0.2, 0.25) is 5.02 Å². The van der Waals surface area contributed by atoms with Gasteiger partial charge in [-0.25, -0.2) is 0 Å². The lowest BCUT2D eigenvalue weighted by atomic mass is 10.5. The molecule has 1 heterocycles. The summed E-state index contributed by atoms with van der Waals surface area (Å²) in [6.45, 7) is -2.83. The molecule has 0 unspecified atom stereocenters. The van der Waals surface area contributed by atoms with Gasteiger partial charge in [-0.15, -0.1) is 0 Å². The zero-order valence-electron chi connectivity index (χ0n) is 5.30. The van der Waals surface area contributed by atoms with Crippen LogP contribution in [0.3, 0.4) is 0 Å². The van der Waals surface area contributed by atoms with Crippen LogP contribution in [-0.4, -0.2) is 4.57 Å². The maximum atomic E-state index is 11.9. The van der Waals surface area contributed by atoms with Crippen molar-refractivity contribution in [2.45, 2.75) is 6.55 Å². The van der Waals surface area contributed by atoms with Gasteiger partial charge in [-0.1, -0.05) is 11.6 Å². The summed E-state index contributed by atoms with van der Waals surface area (Å²) in [4.78, 5) is 10.8. The lowest BCUT2D eigenvalue weighted by Crippen LogP contribution is -2.19. The Labute approximate surface area is 66.0 Å². The summed E-state index contributed by atoms with van der Waals surface area (Å²) in [6, 6.07) is 2.55. The molecule has 1 aromatic heterocycles. The van der Waals surface area contributed by atoms with Gasteiger partial charge >= 0.3 is 6.55 Å². The van der Waals surface area contributed by atoms with E-state index in [9.17, 15) is 13.6 Å². The Bertz CT molecular complexity index is 310. The van der Waals surface area contributed by atoms with E-state index < -0.39 is 12.1 Å². The quantitative estimate of drug-likeness (QED) is 0.645. The molecule has 0 radical (unpaired) electrons. The Hall–Kier alpha value is -0.900. The molecular weight excluding hydrogens is 176 g/mol. The first kappa shape index (κ1) is 8.20. The number of aromatic nitrogens is 1. The second-order valence-corrected chi connectivity index (χ2v) is 2.25. The lowest BCUT2D eigenvalue weighted by molar-refractivity contribution is 0.0664. The molecule has 60 valence electrons. The molecule has 0 saturated carbocycles. The number of hydrogen-bond acceptors (Lipinski definition) is 1. The predicted molar refractivity (Wildman–Crippen MR) is 37.0 cm³/mol. The van der Waals surface area contributed by atoms with E-state index in [0.717, 1.165) is 6.20 Å². The molecular formula is C6H4ClF2NO. The van der Waals surface area contributed by atoms with Crippen molar-refractivity contribution in [1.29, 1.82) is 0 Å². The molecule has 0 N–H and O–H groups in total. The van der Waals surface area contributed by atoms with Crippen LogP contribution in [0.1, 0.15) is 6.55 Å². The summed E-state index contributed by atoms with van der Waals surface area (Å²) in [5, 5.41) is -0.201. The van der Waals surface area contributed by atoms with E-state index in [-0.39, 0.29) is 9.59 Å². The van der Waals surface area contributed by atoms with Crippen molar-refractivity contribution in [1.82, 2.24) is 4.57 Å². The normalized spacial score (nSPS) is 10.5. The van der Waals surface area contributed by atoms with Crippen LogP contribution >= 0.6 is 11.6 Å². The zero-order chi connectivity index (χ0) is 8.43. The molecule has 0 spiro atoms. The fraction of sp³-hybridized carbons (Fsp3) is 0.167. The smallest absolute Gasteiger partial charge is 0.268 e. The van der Waals surface area contributed by atoms with Crippen LogP contribution in [0.4, 0.5) is 8.78 Å². The Morgan fingerprint density at radius 2 is 2.18 bits per heavy atom. The average molecular weight is 180 g/mol. The van der Waals surface area contributed by atoms with Gasteiger partial charge in [0.05, 0.1) is 0 Å². The predicted octanol–water partition coefficient (Wildman–Crippen LogP) is 1.90. The Morgan fingerprint density at radius 1 is 1.55 bits per heavy atom. The number of rotatable bonds is 1. The first-order valence-electron chi connectivity index (χ1n) is 2.77. The second kappa shape index (κ2) is 3.00. The van der Waals surface area contributed by atoms with E-state index in [2.05, 4.69) is 0 Å². The van der Waals surface area contributed by atoms with E-state index in [0.29, 0.717) is 0 Å². The summed E-state index contributed by atoms with van der Waals surface area (Å²) in [5.74, 6) is 0. The third kappa shape index (κ3) is 1.57. The first-order valence-corrected chi connectivity index (χ1v) is 3.15. The van der Waals surface area contributed by atoms with Crippen LogP contribution in [-0.2, 0) is 0 Å². The molecule has 11 heavy (non-hydrogen) atoms. The molecule has 0 aliphatic heterocycles. The number of hydrogen-bond donors (Lipinski definition) is 0. The van der Waals surface area contributed by atoms with Crippen molar-refractivity contribution in [2.24, 2.45) is 0 Å². The van der Waals surface area contributed by atoms with Crippen LogP contribution in [0.5, 0.6) is 0 Å². The highest BCUT2D eigenvalue weighted by molar-refractivity contribution is 6.30. The molecule has 0 bridgehead atoms. The second-order valence-electron chi connectivity index (χ2n) is 1.85. The molecule has 0 amide bonds. The zero-order valence-corrected chi connectivity index (χ0v) is 6.05. The van der Waals surface area contributed by atoms with Gasteiger partial charge in [-0.2, -0.15) is 8.78 Å². The summed E-state index contributed by atoms with van der Waals surface area (Å²) >= 11 is 5.29. The van der Waals surface area contributed by atoms with Crippen molar-refractivity contribution < 1.29 is 8.78 Å². The molecule has 2 nitrogen and oxygen atoms in total. The van der Waals surface area contributed by atoms with E-state index in [4.69, 9.17) is 11.6 Å². The van der Waals surface area contributed by atoms with Gasteiger partial charge in [0, 0.05) is 6.20 Å². The number of nitrogens with zero attached hydrogens (tertiary/aromatic N) is 1. The van der Waals surface area contributed by atoms with Crippen molar-refractivity contribution in [3.63, 3.8) is 0 Å². The van der Waals surface area contributed by atoms with Crippen LogP contribution in [0.15, 0.2) is 23.1 Å². The lowest BCUT2D eigenvalue weighted by Gasteiger charge is -2.01. The minimum Gasteiger partial charge on any atom is -0.268 e. The minimum atomic E-state index is -2.83. The van der Waals surface area contributed by atoms with E-state index in [1.165, 1.54) is 12.1 Å². The monoisotopic (exact) mass is 179 g/mol. The van der Waals surface area contributed by atoms with E-state index in [1.807, 2.05) is 0 Å².